The van der Waals surface area contributed by atoms with Crippen LogP contribution in [0.25, 0.3) is 10.2 Å². The zero-order valence-corrected chi connectivity index (χ0v) is 12.8. The maximum absolute atomic E-state index is 12.5. The maximum atomic E-state index is 12.5. The molecule has 0 fully saturated rings. The van der Waals surface area contributed by atoms with Crippen molar-refractivity contribution in [3.8, 4) is 0 Å². The number of hydrogen-bond acceptors (Lipinski definition) is 3. The highest BCUT2D eigenvalue weighted by atomic mass is 32.2. The average Bonchev–Trinajstić information content (AvgIpc) is 2.80. The number of nitrogens with zero attached hydrogens (tertiary/aromatic N) is 2. The standard InChI is InChI=1S/C13H18N2OS2/c1-5-13(2,3)15(4)18(16)12-14-10-8-6-7-9-11(10)17-12/h6-9H,5H2,1-4H3. The molecule has 0 amide bonds. The molecular formula is C13H18N2OS2. The summed E-state index contributed by atoms with van der Waals surface area (Å²) in [5, 5.41) is 0. The van der Waals surface area contributed by atoms with Gasteiger partial charge in [-0.2, -0.15) is 0 Å². The zero-order valence-electron chi connectivity index (χ0n) is 11.1. The third-order valence-electron chi connectivity index (χ3n) is 3.39. The number of fused-ring (bicyclic) bond motifs is 1. The van der Waals surface area contributed by atoms with Gasteiger partial charge in [-0.15, -0.1) is 11.3 Å². The molecule has 2 rings (SSSR count). The molecule has 0 saturated carbocycles. The minimum atomic E-state index is -1.19. The summed E-state index contributed by atoms with van der Waals surface area (Å²) in [6.45, 7) is 6.29. The monoisotopic (exact) mass is 282 g/mol. The Morgan fingerprint density at radius 2 is 2.06 bits per heavy atom. The third-order valence-corrected chi connectivity index (χ3v) is 6.28. The summed E-state index contributed by atoms with van der Waals surface area (Å²) in [6.07, 6.45) is 0.945. The largest absolute Gasteiger partial charge is 0.235 e. The van der Waals surface area contributed by atoms with Crippen molar-refractivity contribution in [2.75, 3.05) is 7.05 Å². The maximum Gasteiger partial charge on any atom is 0.197 e. The summed E-state index contributed by atoms with van der Waals surface area (Å²) in [6, 6.07) is 7.90. The van der Waals surface area contributed by atoms with Gasteiger partial charge in [0.15, 0.2) is 15.3 Å². The van der Waals surface area contributed by atoms with E-state index < -0.39 is 11.0 Å². The van der Waals surface area contributed by atoms with Gasteiger partial charge in [0, 0.05) is 12.6 Å². The molecule has 1 aromatic carbocycles. The Kier molecular flexibility index (Phi) is 3.84. The van der Waals surface area contributed by atoms with Crippen LogP contribution in [0.5, 0.6) is 0 Å². The minimum Gasteiger partial charge on any atom is -0.235 e. The second-order valence-corrected chi connectivity index (χ2v) is 7.58. The molecule has 1 atom stereocenters. The average molecular weight is 282 g/mol. The fraction of sp³-hybridized carbons (Fsp3) is 0.462. The van der Waals surface area contributed by atoms with E-state index in [0.29, 0.717) is 4.34 Å². The van der Waals surface area contributed by atoms with E-state index in [9.17, 15) is 4.21 Å². The van der Waals surface area contributed by atoms with E-state index in [2.05, 4.69) is 25.8 Å². The smallest absolute Gasteiger partial charge is 0.197 e. The van der Waals surface area contributed by atoms with E-state index in [1.165, 1.54) is 11.3 Å². The molecule has 3 nitrogen and oxygen atoms in total. The molecule has 1 aromatic heterocycles. The van der Waals surface area contributed by atoms with Crippen molar-refractivity contribution >= 4 is 32.5 Å². The molecule has 0 aliphatic rings. The predicted molar refractivity (Wildman–Crippen MR) is 78.2 cm³/mol. The van der Waals surface area contributed by atoms with Crippen LogP contribution in [0.2, 0.25) is 0 Å². The molecule has 98 valence electrons. The molecule has 1 heterocycles. The van der Waals surface area contributed by atoms with Gasteiger partial charge in [-0.05, 0) is 32.4 Å². The van der Waals surface area contributed by atoms with E-state index in [1.807, 2.05) is 35.6 Å². The lowest BCUT2D eigenvalue weighted by Crippen LogP contribution is -2.41. The van der Waals surface area contributed by atoms with Crippen molar-refractivity contribution in [1.29, 1.82) is 0 Å². The van der Waals surface area contributed by atoms with Crippen LogP contribution in [0, 0.1) is 0 Å². The van der Waals surface area contributed by atoms with Crippen molar-refractivity contribution in [3.63, 3.8) is 0 Å². The molecule has 0 aliphatic carbocycles. The van der Waals surface area contributed by atoms with Crippen molar-refractivity contribution in [3.05, 3.63) is 24.3 Å². The molecule has 0 saturated heterocycles. The first-order chi connectivity index (χ1) is 8.45. The lowest BCUT2D eigenvalue weighted by atomic mass is 10.0. The van der Waals surface area contributed by atoms with Crippen molar-refractivity contribution < 1.29 is 4.21 Å². The molecule has 0 N–H and O–H groups in total. The first-order valence-electron chi connectivity index (χ1n) is 5.97. The Bertz CT molecular complexity index is 544. The highest BCUT2D eigenvalue weighted by Crippen LogP contribution is 2.28. The molecule has 0 aliphatic heterocycles. The Balaban J connectivity index is 2.34. The first-order valence-corrected chi connectivity index (χ1v) is 7.89. The van der Waals surface area contributed by atoms with Gasteiger partial charge >= 0.3 is 0 Å². The summed E-state index contributed by atoms with van der Waals surface area (Å²) in [5.41, 5.74) is 0.830. The number of rotatable bonds is 4. The van der Waals surface area contributed by atoms with Gasteiger partial charge in [0.25, 0.3) is 0 Å². The number of hydrogen-bond donors (Lipinski definition) is 0. The van der Waals surface area contributed by atoms with Gasteiger partial charge in [0.1, 0.15) is 0 Å². The fourth-order valence-electron chi connectivity index (χ4n) is 1.49. The lowest BCUT2D eigenvalue weighted by molar-refractivity contribution is 0.269. The Morgan fingerprint density at radius 1 is 1.39 bits per heavy atom. The summed E-state index contributed by atoms with van der Waals surface area (Å²) in [5.74, 6) is 0. The Labute approximate surface area is 114 Å². The molecule has 1 unspecified atom stereocenters. The highest BCUT2D eigenvalue weighted by molar-refractivity contribution is 7.85. The summed E-state index contributed by atoms with van der Waals surface area (Å²) < 4.78 is 16.2. The van der Waals surface area contributed by atoms with Crippen molar-refractivity contribution in [1.82, 2.24) is 9.29 Å². The van der Waals surface area contributed by atoms with Gasteiger partial charge in [-0.25, -0.2) is 13.5 Å². The van der Waals surface area contributed by atoms with Crippen LogP contribution in [-0.4, -0.2) is 26.1 Å². The van der Waals surface area contributed by atoms with Gasteiger partial charge in [0.2, 0.25) is 0 Å². The number of aromatic nitrogens is 1. The van der Waals surface area contributed by atoms with E-state index >= 15 is 0 Å². The fourth-order valence-corrected chi connectivity index (χ4v) is 4.07. The molecule has 18 heavy (non-hydrogen) atoms. The number of para-hydroxylation sites is 1. The van der Waals surface area contributed by atoms with E-state index in [4.69, 9.17) is 0 Å². The van der Waals surface area contributed by atoms with Crippen LogP contribution < -0.4 is 0 Å². The molecule has 0 spiro atoms. The third kappa shape index (κ3) is 2.48. The summed E-state index contributed by atoms with van der Waals surface area (Å²) in [7, 11) is 0.705. The predicted octanol–water partition coefficient (Wildman–Crippen LogP) is 3.44. The molecule has 2 aromatic rings. The number of thiazole rings is 1. The van der Waals surface area contributed by atoms with Gasteiger partial charge in [-0.3, -0.25) is 0 Å². The summed E-state index contributed by atoms with van der Waals surface area (Å²) >= 11 is 1.51. The molecule has 0 bridgehead atoms. The zero-order chi connectivity index (χ0) is 13.3. The Hall–Kier alpha value is -0.780. The van der Waals surface area contributed by atoms with Crippen LogP contribution in [0.3, 0.4) is 0 Å². The van der Waals surface area contributed by atoms with Crippen molar-refractivity contribution in [2.45, 2.75) is 37.1 Å². The van der Waals surface area contributed by atoms with Crippen LogP contribution in [0.4, 0.5) is 0 Å². The number of benzene rings is 1. The molecule has 0 radical (unpaired) electrons. The normalized spacial score (nSPS) is 14.3. The SMILES string of the molecule is CCC(C)(C)N(C)S(=O)c1nc2ccccc2s1. The topological polar surface area (TPSA) is 33.2 Å². The summed E-state index contributed by atoms with van der Waals surface area (Å²) in [4.78, 5) is 4.46. The Morgan fingerprint density at radius 3 is 2.67 bits per heavy atom. The van der Waals surface area contributed by atoms with E-state index in [1.54, 1.807) is 0 Å². The van der Waals surface area contributed by atoms with Gasteiger partial charge in [-0.1, -0.05) is 19.1 Å². The van der Waals surface area contributed by atoms with Crippen LogP contribution in [-0.2, 0) is 11.0 Å². The molecule has 5 heteroatoms. The van der Waals surface area contributed by atoms with Crippen LogP contribution in [0.15, 0.2) is 28.6 Å². The minimum absolute atomic E-state index is 0.0945. The van der Waals surface area contributed by atoms with Crippen LogP contribution >= 0.6 is 11.3 Å². The lowest BCUT2D eigenvalue weighted by Gasteiger charge is -2.32. The molecular weight excluding hydrogens is 264 g/mol. The van der Waals surface area contributed by atoms with Gasteiger partial charge < -0.3 is 0 Å². The van der Waals surface area contributed by atoms with Gasteiger partial charge in [0.05, 0.1) is 10.2 Å². The first kappa shape index (κ1) is 13.6. The quantitative estimate of drug-likeness (QED) is 0.860. The van der Waals surface area contributed by atoms with E-state index in [-0.39, 0.29) is 5.54 Å². The van der Waals surface area contributed by atoms with Crippen molar-refractivity contribution in [2.24, 2.45) is 0 Å². The highest BCUT2D eigenvalue weighted by Gasteiger charge is 2.28. The second-order valence-electron chi connectivity index (χ2n) is 4.86. The second kappa shape index (κ2) is 5.07. The van der Waals surface area contributed by atoms with Crippen LogP contribution in [0.1, 0.15) is 27.2 Å². The van der Waals surface area contributed by atoms with E-state index in [0.717, 1.165) is 16.6 Å².